The highest BCUT2D eigenvalue weighted by atomic mass is 79.9. The van der Waals surface area contributed by atoms with Crippen molar-refractivity contribution in [1.82, 2.24) is 0 Å². The molecule has 1 rings (SSSR count). The maximum atomic E-state index is 13.7. The quantitative estimate of drug-likeness (QED) is 0.769. The van der Waals surface area contributed by atoms with Crippen molar-refractivity contribution in [2.24, 2.45) is 10.6 Å². The number of nitriles is 1. The molecule has 2 N–H and O–H groups in total. The number of ether oxygens (including phenoxy) is 1. The minimum absolute atomic E-state index is 0.190. The first-order chi connectivity index (χ1) is 9.57. The van der Waals surface area contributed by atoms with Gasteiger partial charge in [-0.3, -0.25) is 0 Å². The molecule has 1 aromatic rings. The third-order valence-corrected chi connectivity index (χ3v) is 4.34. The van der Waals surface area contributed by atoms with Crippen molar-refractivity contribution in [3.05, 3.63) is 22.4 Å². The maximum absolute atomic E-state index is 13.7. The number of rotatable bonds is 6. The summed E-state index contributed by atoms with van der Waals surface area (Å²) in [7, 11) is -4.12. The molecule has 0 aliphatic carbocycles. The van der Waals surface area contributed by atoms with Crippen LogP contribution in [0.4, 0.5) is 4.39 Å². The molecular formula is C13H16BrFN2O3S. The Labute approximate surface area is 132 Å². The van der Waals surface area contributed by atoms with Crippen LogP contribution in [0.1, 0.15) is 26.7 Å². The second kappa shape index (κ2) is 6.73. The fourth-order valence-electron chi connectivity index (χ4n) is 1.59. The van der Waals surface area contributed by atoms with Gasteiger partial charge in [-0.2, -0.15) is 5.26 Å². The van der Waals surface area contributed by atoms with E-state index in [1.807, 2.05) is 13.8 Å². The van der Waals surface area contributed by atoms with E-state index >= 15 is 0 Å². The molecule has 0 bridgehead atoms. The monoisotopic (exact) mass is 378 g/mol. The van der Waals surface area contributed by atoms with Crippen molar-refractivity contribution >= 4 is 26.0 Å². The van der Waals surface area contributed by atoms with Crippen molar-refractivity contribution in [2.45, 2.75) is 31.6 Å². The number of sulfonamides is 1. The molecule has 0 aromatic heterocycles. The summed E-state index contributed by atoms with van der Waals surface area (Å²) in [6.07, 6.45) is 1.25. The van der Waals surface area contributed by atoms with E-state index in [9.17, 15) is 12.8 Å². The Hall–Kier alpha value is -1.17. The van der Waals surface area contributed by atoms with Gasteiger partial charge in [0.1, 0.15) is 16.5 Å². The summed E-state index contributed by atoms with van der Waals surface area (Å²) in [5.41, 5.74) is -0.441. The number of benzene rings is 1. The van der Waals surface area contributed by atoms with E-state index in [-0.39, 0.29) is 12.4 Å². The largest absolute Gasteiger partial charge is 0.492 e. The molecule has 0 saturated heterocycles. The van der Waals surface area contributed by atoms with E-state index in [0.717, 1.165) is 12.1 Å². The molecule has 0 radical (unpaired) electrons. The lowest BCUT2D eigenvalue weighted by atomic mass is 9.90. The number of primary sulfonamides is 1. The molecule has 0 fully saturated rings. The molecule has 0 aliphatic rings. The van der Waals surface area contributed by atoms with Gasteiger partial charge in [0.2, 0.25) is 10.0 Å². The third kappa shape index (κ3) is 5.26. The Morgan fingerprint density at radius 2 is 2.10 bits per heavy atom. The fraction of sp³-hybridized carbons (Fsp3) is 0.462. The van der Waals surface area contributed by atoms with E-state index in [4.69, 9.17) is 15.1 Å². The second-order valence-corrected chi connectivity index (χ2v) is 7.59. The van der Waals surface area contributed by atoms with E-state index in [1.165, 1.54) is 0 Å². The average molecular weight is 379 g/mol. The predicted molar refractivity (Wildman–Crippen MR) is 79.6 cm³/mol. The minimum Gasteiger partial charge on any atom is -0.492 e. The van der Waals surface area contributed by atoms with E-state index < -0.39 is 26.2 Å². The summed E-state index contributed by atoms with van der Waals surface area (Å²) in [6, 6.07) is 4.22. The van der Waals surface area contributed by atoms with Gasteiger partial charge >= 0.3 is 0 Å². The highest BCUT2D eigenvalue weighted by Crippen LogP contribution is 2.30. The molecule has 8 heteroatoms. The van der Waals surface area contributed by atoms with Crippen molar-refractivity contribution in [3.8, 4) is 11.8 Å². The van der Waals surface area contributed by atoms with Crippen molar-refractivity contribution < 1.29 is 17.5 Å². The first-order valence-electron chi connectivity index (χ1n) is 6.13. The average Bonchev–Trinajstić information content (AvgIpc) is 2.36. The molecule has 5 nitrogen and oxygen atoms in total. The molecule has 0 heterocycles. The number of nitrogens with two attached hydrogens (primary N) is 1. The van der Waals surface area contributed by atoms with Crippen LogP contribution < -0.4 is 9.88 Å². The van der Waals surface area contributed by atoms with Crippen LogP contribution in [-0.2, 0) is 10.0 Å². The lowest BCUT2D eigenvalue weighted by Crippen LogP contribution is -2.14. The Morgan fingerprint density at radius 3 is 2.62 bits per heavy atom. The Balaban J connectivity index is 2.75. The van der Waals surface area contributed by atoms with Gasteiger partial charge in [0.05, 0.1) is 22.6 Å². The van der Waals surface area contributed by atoms with Gasteiger partial charge in [0.15, 0.2) is 0 Å². The van der Waals surface area contributed by atoms with E-state index in [2.05, 4.69) is 22.0 Å². The van der Waals surface area contributed by atoms with Crippen LogP contribution in [0.15, 0.2) is 21.5 Å². The smallest absolute Gasteiger partial charge is 0.241 e. The SMILES string of the molecule is CC(C)(C#N)CCCOc1cc(F)c(S(N)(=O)=O)cc1Br. The number of nitrogens with zero attached hydrogens (tertiary/aromatic N) is 1. The molecule has 0 amide bonds. The second-order valence-electron chi connectivity index (χ2n) is 5.21. The lowest BCUT2D eigenvalue weighted by molar-refractivity contribution is 0.281. The normalized spacial score (nSPS) is 12.0. The Kier molecular flexibility index (Phi) is 5.73. The molecular weight excluding hydrogens is 363 g/mol. The van der Waals surface area contributed by atoms with Gasteiger partial charge in [0.25, 0.3) is 0 Å². The molecule has 0 saturated carbocycles. The Morgan fingerprint density at radius 1 is 1.48 bits per heavy atom. The number of halogens is 2. The van der Waals surface area contributed by atoms with Gasteiger partial charge in [0, 0.05) is 6.07 Å². The molecule has 0 atom stereocenters. The Bertz CT molecular complexity index is 669. The van der Waals surface area contributed by atoms with Crippen LogP contribution in [0.2, 0.25) is 0 Å². The summed E-state index contributed by atoms with van der Waals surface area (Å²) < 4.78 is 41.7. The first kappa shape index (κ1) is 17.9. The van der Waals surface area contributed by atoms with Gasteiger partial charge in [-0.05, 0) is 48.7 Å². The third-order valence-electron chi connectivity index (χ3n) is 2.80. The summed E-state index contributed by atoms with van der Waals surface area (Å²) in [5.74, 6) is -0.775. The zero-order valence-electron chi connectivity index (χ0n) is 11.7. The summed E-state index contributed by atoms with van der Waals surface area (Å²) >= 11 is 3.12. The van der Waals surface area contributed by atoms with Crippen LogP contribution in [0, 0.1) is 22.6 Å². The van der Waals surface area contributed by atoms with E-state index in [0.29, 0.717) is 17.3 Å². The molecule has 0 aliphatic heterocycles. The van der Waals surface area contributed by atoms with Gasteiger partial charge in [-0.15, -0.1) is 0 Å². The highest BCUT2D eigenvalue weighted by Gasteiger charge is 2.19. The molecule has 0 unspecified atom stereocenters. The van der Waals surface area contributed by atoms with Crippen LogP contribution >= 0.6 is 15.9 Å². The van der Waals surface area contributed by atoms with Gasteiger partial charge in [-0.1, -0.05) is 0 Å². The zero-order chi connectivity index (χ0) is 16.3. The van der Waals surface area contributed by atoms with Gasteiger partial charge < -0.3 is 4.74 Å². The van der Waals surface area contributed by atoms with Crippen LogP contribution in [0.3, 0.4) is 0 Å². The molecule has 0 spiro atoms. The maximum Gasteiger partial charge on any atom is 0.241 e. The summed E-state index contributed by atoms with van der Waals surface area (Å²) in [6.45, 7) is 3.94. The topological polar surface area (TPSA) is 93.2 Å². The summed E-state index contributed by atoms with van der Waals surface area (Å²) in [5, 5.41) is 13.8. The van der Waals surface area contributed by atoms with Crippen LogP contribution in [0.25, 0.3) is 0 Å². The van der Waals surface area contributed by atoms with Crippen molar-refractivity contribution in [1.29, 1.82) is 5.26 Å². The minimum atomic E-state index is -4.12. The molecule has 116 valence electrons. The lowest BCUT2D eigenvalue weighted by Gasteiger charge is -2.15. The van der Waals surface area contributed by atoms with E-state index in [1.54, 1.807) is 0 Å². The summed E-state index contributed by atoms with van der Waals surface area (Å²) in [4.78, 5) is -0.590. The van der Waals surface area contributed by atoms with Gasteiger partial charge in [-0.25, -0.2) is 17.9 Å². The van der Waals surface area contributed by atoms with Crippen LogP contribution in [-0.4, -0.2) is 15.0 Å². The highest BCUT2D eigenvalue weighted by molar-refractivity contribution is 9.10. The molecule has 21 heavy (non-hydrogen) atoms. The van der Waals surface area contributed by atoms with Crippen LogP contribution in [0.5, 0.6) is 5.75 Å². The molecule has 1 aromatic carbocycles. The number of hydrogen-bond donors (Lipinski definition) is 1. The van der Waals surface area contributed by atoms with Crippen molar-refractivity contribution in [3.63, 3.8) is 0 Å². The first-order valence-corrected chi connectivity index (χ1v) is 8.47. The zero-order valence-corrected chi connectivity index (χ0v) is 14.1. The standard InChI is InChI=1S/C13H16BrFN2O3S/c1-13(2,8-16)4-3-5-20-11-7-10(15)12(6-9(11)14)21(17,18)19/h6-7H,3-5H2,1-2H3,(H2,17,18,19). The number of hydrogen-bond acceptors (Lipinski definition) is 4. The fourth-order valence-corrected chi connectivity index (χ4v) is 2.81. The predicted octanol–water partition coefficient (Wildman–Crippen LogP) is 2.94. The van der Waals surface area contributed by atoms with Crippen molar-refractivity contribution in [2.75, 3.05) is 6.61 Å².